The van der Waals surface area contributed by atoms with Crippen molar-refractivity contribution in [3.63, 3.8) is 0 Å². The number of nitrogens with one attached hydrogen (secondary N) is 1. The van der Waals surface area contributed by atoms with Crippen LogP contribution in [0.1, 0.15) is 20.3 Å². The number of nitrogens with zero attached hydrogens (tertiary/aromatic N) is 4. The first-order valence-electron chi connectivity index (χ1n) is 7.06. The summed E-state index contributed by atoms with van der Waals surface area (Å²) in [6, 6.07) is 2.52. The molecule has 0 saturated carbocycles. The van der Waals surface area contributed by atoms with Gasteiger partial charge in [0.2, 0.25) is 0 Å². The largest absolute Gasteiger partial charge is 0.368 e. The average molecular weight is 273 g/mol. The summed E-state index contributed by atoms with van der Waals surface area (Å²) >= 11 is 0. The van der Waals surface area contributed by atoms with E-state index in [2.05, 4.69) is 38.8 Å². The lowest BCUT2D eigenvalue weighted by Gasteiger charge is -2.38. The van der Waals surface area contributed by atoms with Crippen molar-refractivity contribution in [2.45, 2.75) is 26.3 Å². The number of aliphatic imine (C=N–C) groups is 2. The quantitative estimate of drug-likeness (QED) is 0.858. The first-order chi connectivity index (χ1) is 9.69. The highest BCUT2D eigenvalue weighted by Gasteiger charge is 2.26. The van der Waals surface area contributed by atoms with Crippen LogP contribution in [0.2, 0.25) is 0 Å². The second kappa shape index (κ2) is 6.61. The van der Waals surface area contributed by atoms with Gasteiger partial charge in [0, 0.05) is 31.5 Å². The van der Waals surface area contributed by atoms with Crippen molar-refractivity contribution in [1.29, 1.82) is 0 Å². The highest BCUT2D eigenvalue weighted by atomic mass is 15.2. The Morgan fingerprint density at radius 1 is 1.50 bits per heavy atom. The third-order valence-electron chi connectivity index (χ3n) is 3.70. The number of hydrogen-bond donors (Lipinski definition) is 1. The zero-order valence-corrected chi connectivity index (χ0v) is 12.5. The van der Waals surface area contributed by atoms with Crippen molar-refractivity contribution in [2.75, 3.05) is 25.0 Å². The molecule has 0 unspecified atom stereocenters. The van der Waals surface area contributed by atoms with E-state index >= 15 is 0 Å². The van der Waals surface area contributed by atoms with Gasteiger partial charge in [0.25, 0.3) is 0 Å². The van der Waals surface area contributed by atoms with Gasteiger partial charge in [0.05, 0.1) is 5.69 Å². The number of likely N-dealkylation sites (N-methyl/N-ethyl adjacent to an activating group) is 1. The fourth-order valence-corrected chi connectivity index (χ4v) is 2.81. The molecular formula is C15H23N5. The Balaban J connectivity index is 2.38. The fourth-order valence-electron chi connectivity index (χ4n) is 2.81. The summed E-state index contributed by atoms with van der Waals surface area (Å²) in [6.45, 7) is 9.79. The van der Waals surface area contributed by atoms with Gasteiger partial charge in [-0.25, -0.2) is 9.98 Å². The van der Waals surface area contributed by atoms with Gasteiger partial charge >= 0.3 is 0 Å². The molecule has 1 aliphatic heterocycles. The maximum Gasteiger partial charge on any atom is 0.179 e. The topological polar surface area (TPSA) is 52.9 Å². The molecule has 1 aromatic rings. The van der Waals surface area contributed by atoms with E-state index in [1.165, 1.54) is 6.42 Å². The van der Waals surface area contributed by atoms with E-state index in [9.17, 15) is 0 Å². The Morgan fingerprint density at radius 2 is 2.30 bits per heavy atom. The smallest absolute Gasteiger partial charge is 0.179 e. The summed E-state index contributed by atoms with van der Waals surface area (Å²) < 4.78 is 0. The van der Waals surface area contributed by atoms with Crippen molar-refractivity contribution in [1.82, 2.24) is 10.3 Å². The second-order valence-electron chi connectivity index (χ2n) is 5.28. The summed E-state index contributed by atoms with van der Waals surface area (Å²) in [5.41, 5.74) is 1.90. The molecule has 1 aliphatic rings. The summed E-state index contributed by atoms with van der Waals surface area (Å²) in [5, 5.41) is 3.38. The molecule has 1 aromatic heterocycles. The lowest BCUT2D eigenvalue weighted by atomic mass is 9.95. The van der Waals surface area contributed by atoms with Crippen LogP contribution in [0.5, 0.6) is 0 Å². The Labute approximate surface area is 120 Å². The minimum atomic E-state index is 0.505. The van der Waals surface area contributed by atoms with Crippen molar-refractivity contribution in [3.05, 3.63) is 12.3 Å². The monoisotopic (exact) mass is 273 g/mol. The van der Waals surface area contributed by atoms with Crippen molar-refractivity contribution < 1.29 is 0 Å². The molecule has 5 heteroatoms. The van der Waals surface area contributed by atoms with Crippen LogP contribution in [-0.2, 0) is 0 Å². The second-order valence-corrected chi connectivity index (χ2v) is 5.28. The molecule has 0 spiro atoms. The van der Waals surface area contributed by atoms with Gasteiger partial charge in [-0.05, 0) is 39.1 Å². The lowest BCUT2D eigenvalue weighted by molar-refractivity contribution is 0.366. The van der Waals surface area contributed by atoms with Gasteiger partial charge in [-0.2, -0.15) is 0 Å². The number of pyridine rings is 1. The molecule has 0 aromatic carbocycles. The van der Waals surface area contributed by atoms with Gasteiger partial charge in [0.1, 0.15) is 5.69 Å². The van der Waals surface area contributed by atoms with Crippen molar-refractivity contribution in [3.8, 4) is 0 Å². The van der Waals surface area contributed by atoms with Crippen LogP contribution in [0.25, 0.3) is 0 Å². The van der Waals surface area contributed by atoms with Crippen LogP contribution >= 0.6 is 0 Å². The van der Waals surface area contributed by atoms with E-state index in [1.807, 2.05) is 20.0 Å². The average Bonchev–Trinajstić information content (AvgIpc) is 2.47. The molecule has 0 bridgehead atoms. The number of hydrogen-bond acceptors (Lipinski definition) is 5. The highest BCUT2D eigenvalue weighted by Crippen LogP contribution is 2.37. The van der Waals surface area contributed by atoms with Gasteiger partial charge < -0.3 is 10.2 Å². The van der Waals surface area contributed by atoms with Gasteiger partial charge in [-0.1, -0.05) is 6.92 Å². The van der Waals surface area contributed by atoms with E-state index in [0.717, 1.165) is 24.5 Å². The maximum absolute atomic E-state index is 4.45. The zero-order valence-electron chi connectivity index (χ0n) is 12.5. The molecule has 1 saturated heterocycles. The molecule has 0 aliphatic carbocycles. The van der Waals surface area contributed by atoms with Crippen molar-refractivity contribution in [2.24, 2.45) is 15.9 Å². The minimum absolute atomic E-state index is 0.505. The Bertz CT molecular complexity index is 497. The van der Waals surface area contributed by atoms with E-state index in [0.29, 0.717) is 17.8 Å². The van der Waals surface area contributed by atoms with E-state index in [-0.39, 0.29) is 0 Å². The van der Waals surface area contributed by atoms with Crippen LogP contribution in [0.4, 0.5) is 17.2 Å². The molecule has 20 heavy (non-hydrogen) atoms. The van der Waals surface area contributed by atoms with Crippen LogP contribution in [0, 0.1) is 5.92 Å². The summed E-state index contributed by atoms with van der Waals surface area (Å²) in [7, 11) is 2.02. The number of piperidine rings is 1. The lowest BCUT2D eigenvalue weighted by Crippen LogP contribution is -2.47. The molecular weight excluding hydrogens is 250 g/mol. The van der Waals surface area contributed by atoms with E-state index < -0.39 is 0 Å². The standard InChI is InChI=1S/C15H23N5/c1-5-18-14-13(6-7-19-15(14)17-4)20-9-11(2)8-12(10-20)16-3/h5-7,11-12,16H,4,8-10H2,1-3H3/t11-,12+/m0/s1. The zero-order chi connectivity index (χ0) is 14.5. The molecule has 1 fully saturated rings. The summed E-state index contributed by atoms with van der Waals surface area (Å²) in [6.07, 6.45) is 4.76. The Morgan fingerprint density at radius 3 is 2.95 bits per heavy atom. The van der Waals surface area contributed by atoms with Gasteiger partial charge in [-0.3, -0.25) is 4.99 Å². The first-order valence-corrected chi connectivity index (χ1v) is 7.06. The first kappa shape index (κ1) is 14.7. The van der Waals surface area contributed by atoms with Crippen LogP contribution in [-0.4, -0.2) is 44.1 Å². The molecule has 2 heterocycles. The molecule has 2 rings (SSSR count). The molecule has 2 atom stereocenters. The SMILES string of the molecule is C=Nc1nccc(N2C[C@@H](C)C[C@@H](NC)C2)c1N=CC. The number of anilines is 1. The van der Waals surface area contributed by atoms with Crippen LogP contribution in [0.15, 0.2) is 22.2 Å². The fraction of sp³-hybridized carbons (Fsp3) is 0.533. The predicted octanol–water partition coefficient (Wildman–Crippen LogP) is 2.57. The normalized spacial score (nSPS) is 23.2. The predicted molar refractivity (Wildman–Crippen MR) is 86.1 cm³/mol. The van der Waals surface area contributed by atoms with E-state index in [1.54, 1.807) is 12.4 Å². The minimum Gasteiger partial charge on any atom is -0.368 e. The molecule has 5 nitrogen and oxygen atoms in total. The maximum atomic E-state index is 4.45. The Hall–Kier alpha value is -1.75. The van der Waals surface area contributed by atoms with Gasteiger partial charge in [-0.15, -0.1) is 0 Å². The summed E-state index contributed by atoms with van der Waals surface area (Å²) in [5.74, 6) is 1.24. The molecule has 0 amide bonds. The van der Waals surface area contributed by atoms with Crippen LogP contribution in [0.3, 0.4) is 0 Å². The van der Waals surface area contributed by atoms with E-state index in [4.69, 9.17) is 0 Å². The number of rotatable bonds is 4. The summed E-state index contributed by atoms with van der Waals surface area (Å²) in [4.78, 5) is 15.0. The van der Waals surface area contributed by atoms with Crippen molar-refractivity contribution >= 4 is 30.1 Å². The molecule has 0 radical (unpaired) electrons. The highest BCUT2D eigenvalue weighted by molar-refractivity contribution is 5.80. The molecule has 1 N–H and O–H groups in total. The van der Waals surface area contributed by atoms with Gasteiger partial charge in [0.15, 0.2) is 5.82 Å². The Kier molecular flexibility index (Phi) is 4.84. The number of aromatic nitrogens is 1. The molecule has 108 valence electrons. The third-order valence-corrected chi connectivity index (χ3v) is 3.70. The van der Waals surface area contributed by atoms with Crippen LogP contribution < -0.4 is 10.2 Å². The third kappa shape index (κ3) is 3.04.